The van der Waals surface area contributed by atoms with Crippen LogP contribution in [-0.2, 0) is 14.3 Å². The van der Waals surface area contributed by atoms with Gasteiger partial charge in [0.15, 0.2) is 5.60 Å². The van der Waals surface area contributed by atoms with E-state index in [-0.39, 0.29) is 11.6 Å². The van der Waals surface area contributed by atoms with Crippen LogP contribution in [0.4, 0.5) is 0 Å². The molecule has 3 nitrogen and oxygen atoms in total. The van der Waals surface area contributed by atoms with Gasteiger partial charge in [-0.2, -0.15) is 0 Å². The van der Waals surface area contributed by atoms with E-state index < -0.39 is 5.60 Å². The molecule has 1 aliphatic heterocycles. The first-order valence-corrected chi connectivity index (χ1v) is 6.49. The zero-order valence-electron chi connectivity index (χ0n) is 10.1. The molecule has 4 atom stereocenters. The van der Waals surface area contributed by atoms with E-state index in [4.69, 9.17) is 9.47 Å². The summed E-state index contributed by atoms with van der Waals surface area (Å²) in [6, 6.07) is 0. The Balaban J connectivity index is 1.89. The van der Waals surface area contributed by atoms with Crippen LogP contribution < -0.4 is 0 Å². The van der Waals surface area contributed by atoms with Gasteiger partial charge in [-0.25, -0.2) is 4.79 Å². The Hall–Kier alpha value is -0.570. The summed E-state index contributed by atoms with van der Waals surface area (Å²) in [5, 5.41) is 0. The van der Waals surface area contributed by atoms with Crippen molar-refractivity contribution in [1.29, 1.82) is 0 Å². The van der Waals surface area contributed by atoms with Gasteiger partial charge in [-0.1, -0.05) is 19.8 Å². The van der Waals surface area contributed by atoms with Crippen LogP contribution in [0.25, 0.3) is 0 Å². The molecule has 3 heteroatoms. The molecule has 4 unspecified atom stereocenters. The zero-order valence-corrected chi connectivity index (χ0v) is 10.1. The lowest BCUT2D eigenvalue weighted by atomic mass is 9.80. The Morgan fingerprint density at radius 3 is 2.94 bits per heavy atom. The number of ether oxygens (including phenoxy) is 2. The van der Waals surface area contributed by atoms with Crippen LogP contribution in [0.15, 0.2) is 0 Å². The fraction of sp³-hybridized carbons (Fsp3) is 0.923. The SMILES string of the molecule is CCC1(C(=O)OC)OC12CCC1CCCC12. The second-order valence-electron chi connectivity index (χ2n) is 5.50. The summed E-state index contributed by atoms with van der Waals surface area (Å²) in [6.45, 7) is 2.04. The van der Waals surface area contributed by atoms with Crippen LogP contribution in [-0.4, -0.2) is 24.3 Å². The standard InChI is InChI=1S/C13H20O3/c1-3-12(11(14)15-2)13(16-12)8-7-9-5-4-6-10(9)13/h9-10H,3-8H2,1-2H3. The van der Waals surface area contributed by atoms with Crippen molar-refractivity contribution in [2.75, 3.05) is 7.11 Å². The molecular weight excluding hydrogens is 204 g/mol. The van der Waals surface area contributed by atoms with E-state index >= 15 is 0 Å². The number of carbonyl (C=O) groups is 1. The van der Waals surface area contributed by atoms with Gasteiger partial charge in [0.25, 0.3) is 0 Å². The van der Waals surface area contributed by atoms with Crippen molar-refractivity contribution < 1.29 is 14.3 Å². The third-order valence-electron chi connectivity index (χ3n) is 5.16. The van der Waals surface area contributed by atoms with Gasteiger partial charge in [-0.05, 0) is 37.5 Å². The third-order valence-corrected chi connectivity index (χ3v) is 5.16. The van der Waals surface area contributed by atoms with Gasteiger partial charge in [0.2, 0.25) is 0 Å². The first-order chi connectivity index (χ1) is 7.70. The number of methoxy groups -OCH3 is 1. The molecule has 0 aromatic carbocycles. The summed E-state index contributed by atoms with van der Waals surface area (Å²) in [4.78, 5) is 11.9. The molecule has 2 saturated carbocycles. The molecule has 1 saturated heterocycles. The Kier molecular flexibility index (Phi) is 2.13. The summed E-state index contributed by atoms with van der Waals surface area (Å²) in [6.07, 6.45) is 6.93. The number of fused-ring (bicyclic) bond motifs is 2. The average Bonchev–Trinajstić information content (AvgIpc) is 2.62. The molecule has 3 rings (SSSR count). The maximum atomic E-state index is 11.9. The second kappa shape index (κ2) is 3.22. The van der Waals surface area contributed by atoms with E-state index in [0.29, 0.717) is 5.92 Å². The van der Waals surface area contributed by atoms with Gasteiger partial charge in [-0.3, -0.25) is 0 Å². The van der Waals surface area contributed by atoms with Crippen LogP contribution in [0.1, 0.15) is 45.4 Å². The molecule has 0 amide bonds. The summed E-state index contributed by atoms with van der Waals surface area (Å²) in [7, 11) is 1.47. The van der Waals surface area contributed by atoms with Gasteiger partial charge >= 0.3 is 5.97 Å². The first kappa shape index (κ1) is 10.6. The van der Waals surface area contributed by atoms with Crippen LogP contribution in [0.5, 0.6) is 0 Å². The Bertz CT molecular complexity index is 327. The third kappa shape index (κ3) is 1.01. The molecule has 3 fully saturated rings. The Morgan fingerprint density at radius 2 is 2.25 bits per heavy atom. The van der Waals surface area contributed by atoms with Gasteiger partial charge in [0.1, 0.15) is 5.60 Å². The molecule has 0 bridgehead atoms. The predicted octanol–water partition coefficient (Wildman–Crippen LogP) is 2.29. The highest BCUT2D eigenvalue weighted by Crippen LogP contribution is 2.67. The molecule has 16 heavy (non-hydrogen) atoms. The molecule has 0 N–H and O–H groups in total. The van der Waals surface area contributed by atoms with Crippen LogP contribution >= 0.6 is 0 Å². The predicted molar refractivity (Wildman–Crippen MR) is 58.9 cm³/mol. The van der Waals surface area contributed by atoms with Gasteiger partial charge in [0, 0.05) is 0 Å². The summed E-state index contributed by atoms with van der Waals surface area (Å²) < 4.78 is 10.9. The quantitative estimate of drug-likeness (QED) is 0.533. The summed E-state index contributed by atoms with van der Waals surface area (Å²) in [5.41, 5.74) is -0.735. The van der Waals surface area contributed by atoms with Gasteiger partial charge in [-0.15, -0.1) is 0 Å². The topological polar surface area (TPSA) is 38.8 Å². The van der Waals surface area contributed by atoms with Crippen molar-refractivity contribution in [2.45, 2.75) is 56.7 Å². The Labute approximate surface area is 96.5 Å². The molecule has 0 aromatic heterocycles. The first-order valence-electron chi connectivity index (χ1n) is 6.49. The monoisotopic (exact) mass is 224 g/mol. The largest absolute Gasteiger partial charge is 0.467 e. The van der Waals surface area contributed by atoms with E-state index in [1.807, 2.05) is 6.92 Å². The van der Waals surface area contributed by atoms with Crippen molar-refractivity contribution in [3.63, 3.8) is 0 Å². The summed E-state index contributed by atoms with van der Waals surface area (Å²) >= 11 is 0. The highest BCUT2D eigenvalue weighted by Gasteiger charge is 2.79. The number of rotatable bonds is 2. The molecule has 0 radical (unpaired) electrons. The smallest absolute Gasteiger partial charge is 0.341 e. The molecule has 0 aromatic rings. The fourth-order valence-corrected chi connectivity index (χ4v) is 4.39. The minimum Gasteiger partial charge on any atom is -0.467 e. The van der Waals surface area contributed by atoms with Crippen molar-refractivity contribution in [2.24, 2.45) is 11.8 Å². The van der Waals surface area contributed by atoms with Crippen molar-refractivity contribution in [3.8, 4) is 0 Å². The number of esters is 1. The van der Waals surface area contributed by atoms with Crippen molar-refractivity contribution in [1.82, 2.24) is 0 Å². The maximum Gasteiger partial charge on any atom is 0.341 e. The lowest BCUT2D eigenvalue weighted by Crippen LogP contribution is -2.37. The second-order valence-corrected chi connectivity index (χ2v) is 5.50. The average molecular weight is 224 g/mol. The van der Waals surface area contributed by atoms with Crippen LogP contribution in [0, 0.1) is 11.8 Å². The number of hydrogen-bond acceptors (Lipinski definition) is 3. The maximum absolute atomic E-state index is 11.9. The lowest BCUT2D eigenvalue weighted by molar-refractivity contribution is -0.147. The number of hydrogen-bond donors (Lipinski definition) is 0. The zero-order chi connectivity index (χ0) is 11.4. The van der Waals surface area contributed by atoms with E-state index in [1.165, 1.54) is 32.8 Å². The van der Waals surface area contributed by atoms with Crippen molar-refractivity contribution in [3.05, 3.63) is 0 Å². The molecule has 1 heterocycles. The van der Waals surface area contributed by atoms with Gasteiger partial charge in [0.05, 0.1) is 7.11 Å². The number of carbonyl (C=O) groups excluding carboxylic acids is 1. The van der Waals surface area contributed by atoms with Gasteiger partial charge < -0.3 is 9.47 Å². The molecule has 1 spiro atoms. The minimum absolute atomic E-state index is 0.143. The van der Waals surface area contributed by atoms with Crippen LogP contribution in [0.3, 0.4) is 0 Å². The van der Waals surface area contributed by atoms with Crippen LogP contribution in [0.2, 0.25) is 0 Å². The molecule has 3 aliphatic rings. The highest BCUT2D eigenvalue weighted by molar-refractivity contribution is 5.85. The molecular formula is C13H20O3. The fourth-order valence-electron chi connectivity index (χ4n) is 4.39. The minimum atomic E-state index is -0.592. The normalized spacial score (nSPS) is 49.4. The van der Waals surface area contributed by atoms with E-state index in [2.05, 4.69) is 0 Å². The number of epoxide rings is 1. The van der Waals surface area contributed by atoms with E-state index in [1.54, 1.807) is 0 Å². The molecule has 90 valence electrons. The lowest BCUT2D eigenvalue weighted by Gasteiger charge is -2.18. The Morgan fingerprint density at radius 1 is 1.44 bits per heavy atom. The summed E-state index contributed by atoms with van der Waals surface area (Å²) in [5.74, 6) is 1.27. The molecule has 2 aliphatic carbocycles. The highest BCUT2D eigenvalue weighted by atomic mass is 16.7. The van der Waals surface area contributed by atoms with E-state index in [0.717, 1.165) is 18.8 Å². The van der Waals surface area contributed by atoms with E-state index in [9.17, 15) is 4.79 Å². The van der Waals surface area contributed by atoms with Crippen molar-refractivity contribution >= 4 is 5.97 Å².